The van der Waals surface area contributed by atoms with E-state index < -0.39 is 5.91 Å². The van der Waals surface area contributed by atoms with Gasteiger partial charge in [0.2, 0.25) is 0 Å². The number of amides is 1. The molecular formula is C17H11Cl3N2O2. The van der Waals surface area contributed by atoms with Gasteiger partial charge in [0.1, 0.15) is 5.76 Å². The molecule has 3 aromatic rings. The van der Waals surface area contributed by atoms with Gasteiger partial charge in [-0.1, -0.05) is 40.9 Å². The van der Waals surface area contributed by atoms with Crippen molar-refractivity contribution in [1.82, 2.24) is 0 Å². The van der Waals surface area contributed by atoms with Crippen LogP contribution in [0.2, 0.25) is 15.1 Å². The summed E-state index contributed by atoms with van der Waals surface area (Å²) in [5.41, 5.74) is 7.16. The monoisotopic (exact) mass is 380 g/mol. The standard InChI is InChI=1S/C17H11Cl3N2O2/c18-9-4-5-10(12(20)8-9)14-6-7-15(24-14)17(23)22-16-11(19)2-1-3-13(16)21/h1-8H,21H2,(H,22,23). The number of hydrogen-bond donors (Lipinski definition) is 2. The van der Waals surface area contributed by atoms with Gasteiger partial charge in [-0.3, -0.25) is 4.79 Å². The molecule has 1 aromatic heterocycles. The van der Waals surface area contributed by atoms with E-state index in [1.165, 1.54) is 0 Å². The first-order valence-corrected chi connectivity index (χ1v) is 7.99. The summed E-state index contributed by atoms with van der Waals surface area (Å²) in [6, 6.07) is 13.2. The summed E-state index contributed by atoms with van der Waals surface area (Å²) in [6.07, 6.45) is 0. The van der Waals surface area contributed by atoms with Gasteiger partial charge in [-0.15, -0.1) is 0 Å². The molecule has 0 bridgehead atoms. The zero-order chi connectivity index (χ0) is 17.3. The van der Waals surface area contributed by atoms with Crippen molar-refractivity contribution in [3.8, 4) is 11.3 Å². The predicted octanol–water partition coefficient (Wildman–Crippen LogP) is 5.74. The van der Waals surface area contributed by atoms with Crippen LogP contribution in [0, 0.1) is 0 Å². The average Bonchev–Trinajstić information content (AvgIpc) is 3.00. The number of carbonyl (C=O) groups is 1. The number of para-hydroxylation sites is 1. The Morgan fingerprint density at radius 2 is 1.79 bits per heavy atom. The van der Waals surface area contributed by atoms with Crippen molar-refractivity contribution in [3.63, 3.8) is 0 Å². The molecule has 122 valence electrons. The van der Waals surface area contributed by atoms with Crippen molar-refractivity contribution in [3.05, 3.63) is 69.4 Å². The van der Waals surface area contributed by atoms with Gasteiger partial charge in [-0.05, 0) is 42.5 Å². The van der Waals surface area contributed by atoms with Gasteiger partial charge in [-0.2, -0.15) is 0 Å². The van der Waals surface area contributed by atoms with Crippen LogP contribution in [-0.4, -0.2) is 5.91 Å². The van der Waals surface area contributed by atoms with Crippen molar-refractivity contribution in [2.75, 3.05) is 11.1 Å². The fraction of sp³-hybridized carbons (Fsp3) is 0. The Morgan fingerprint density at radius 1 is 1.00 bits per heavy atom. The lowest BCUT2D eigenvalue weighted by atomic mass is 10.2. The van der Waals surface area contributed by atoms with E-state index in [1.54, 1.807) is 48.5 Å². The van der Waals surface area contributed by atoms with Gasteiger partial charge >= 0.3 is 0 Å². The van der Waals surface area contributed by atoms with Gasteiger partial charge < -0.3 is 15.5 Å². The molecule has 3 rings (SSSR count). The predicted molar refractivity (Wildman–Crippen MR) is 98.0 cm³/mol. The molecule has 24 heavy (non-hydrogen) atoms. The highest BCUT2D eigenvalue weighted by molar-refractivity contribution is 6.36. The third-order valence-electron chi connectivity index (χ3n) is 3.31. The Bertz CT molecular complexity index is 902. The van der Waals surface area contributed by atoms with Gasteiger partial charge in [0.25, 0.3) is 5.91 Å². The number of hydrogen-bond acceptors (Lipinski definition) is 3. The van der Waals surface area contributed by atoms with Crippen LogP contribution in [0.5, 0.6) is 0 Å². The Morgan fingerprint density at radius 3 is 2.50 bits per heavy atom. The van der Waals surface area contributed by atoms with Crippen LogP contribution >= 0.6 is 34.8 Å². The molecule has 0 aliphatic carbocycles. The Hall–Kier alpha value is -2.14. The van der Waals surface area contributed by atoms with Crippen LogP contribution in [-0.2, 0) is 0 Å². The smallest absolute Gasteiger partial charge is 0.291 e. The van der Waals surface area contributed by atoms with Crippen molar-refractivity contribution in [2.45, 2.75) is 0 Å². The van der Waals surface area contributed by atoms with E-state index in [0.29, 0.717) is 37.8 Å². The molecule has 0 aliphatic rings. The number of anilines is 2. The molecule has 0 saturated carbocycles. The van der Waals surface area contributed by atoms with Crippen LogP contribution in [0.4, 0.5) is 11.4 Å². The van der Waals surface area contributed by atoms with E-state index in [4.69, 9.17) is 45.0 Å². The zero-order valence-electron chi connectivity index (χ0n) is 12.1. The van der Waals surface area contributed by atoms with Crippen molar-refractivity contribution >= 4 is 52.1 Å². The molecule has 0 radical (unpaired) electrons. The molecule has 4 nitrogen and oxygen atoms in total. The van der Waals surface area contributed by atoms with E-state index in [-0.39, 0.29) is 5.76 Å². The summed E-state index contributed by atoms with van der Waals surface area (Å²) in [7, 11) is 0. The molecule has 0 aliphatic heterocycles. The minimum absolute atomic E-state index is 0.107. The van der Waals surface area contributed by atoms with Crippen LogP contribution < -0.4 is 11.1 Å². The van der Waals surface area contributed by atoms with Crippen molar-refractivity contribution < 1.29 is 9.21 Å². The molecular weight excluding hydrogens is 371 g/mol. The second-order valence-electron chi connectivity index (χ2n) is 4.95. The van der Waals surface area contributed by atoms with Gasteiger partial charge in [-0.25, -0.2) is 0 Å². The first-order chi connectivity index (χ1) is 11.5. The van der Waals surface area contributed by atoms with Crippen LogP contribution in [0.25, 0.3) is 11.3 Å². The fourth-order valence-corrected chi connectivity index (χ4v) is 2.87. The zero-order valence-corrected chi connectivity index (χ0v) is 14.4. The molecule has 1 heterocycles. The second-order valence-corrected chi connectivity index (χ2v) is 6.20. The lowest BCUT2D eigenvalue weighted by molar-refractivity contribution is 0.0997. The molecule has 0 spiro atoms. The Kier molecular flexibility index (Phi) is 4.71. The molecule has 7 heteroatoms. The topological polar surface area (TPSA) is 68.3 Å². The quantitative estimate of drug-likeness (QED) is 0.568. The number of carbonyl (C=O) groups excluding carboxylic acids is 1. The normalized spacial score (nSPS) is 10.6. The number of nitrogens with two attached hydrogens (primary N) is 1. The SMILES string of the molecule is Nc1cccc(Cl)c1NC(=O)c1ccc(-c2ccc(Cl)cc2Cl)o1. The summed E-state index contributed by atoms with van der Waals surface area (Å²) in [4.78, 5) is 12.3. The molecule has 2 aromatic carbocycles. The minimum Gasteiger partial charge on any atom is -0.451 e. The van der Waals surface area contributed by atoms with Gasteiger partial charge in [0.05, 0.1) is 21.4 Å². The molecule has 0 fully saturated rings. The first-order valence-electron chi connectivity index (χ1n) is 6.86. The molecule has 0 unspecified atom stereocenters. The third-order valence-corrected chi connectivity index (χ3v) is 4.17. The maximum absolute atomic E-state index is 12.3. The number of nitrogens with one attached hydrogen (secondary N) is 1. The number of halogens is 3. The van der Waals surface area contributed by atoms with Crippen molar-refractivity contribution in [1.29, 1.82) is 0 Å². The largest absolute Gasteiger partial charge is 0.451 e. The fourth-order valence-electron chi connectivity index (χ4n) is 2.14. The summed E-state index contributed by atoms with van der Waals surface area (Å²) < 4.78 is 5.58. The summed E-state index contributed by atoms with van der Waals surface area (Å²) in [6.45, 7) is 0. The van der Waals surface area contributed by atoms with E-state index in [2.05, 4.69) is 5.32 Å². The number of nitrogen functional groups attached to an aromatic ring is 1. The third kappa shape index (κ3) is 3.36. The molecule has 0 saturated heterocycles. The highest BCUT2D eigenvalue weighted by Crippen LogP contribution is 2.32. The maximum Gasteiger partial charge on any atom is 0.291 e. The maximum atomic E-state index is 12.3. The summed E-state index contributed by atoms with van der Waals surface area (Å²) in [5, 5.41) is 3.93. The molecule has 3 N–H and O–H groups in total. The van der Waals surface area contributed by atoms with Gasteiger partial charge in [0, 0.05) is 10.6 Å². The Balaban J connectivity index is 1.86. The lowest BCUT2D eigenvalue weighted by Crippen LogP contribution is -2.12. The highest BCUT2D eigenvalue weighted by atomic mass is 35.5. The average molecular weight is 382 g/mol. The first kappa shape index (κ1) is 16.7. The summed E-state index contributed by atoms with van der Waals surface area (Å²) in [5.74, 6) is 0.0930. The van der Waals surface area contributed by atoms with Crippen molar-refractivity contribution in [2.24, 2.45) is 0 Å². The number of benzene rings is 2. The number of furan rings is 1. The van der Waals surface area contributed by atoms with E-state index in [0.717, 1.165) is 0 Å². The van der Waals surface area contributed by atoms with Gasteiger partial charge in [0.15, 0.2) is 5.76 Å². The molecule has 0 atom stereocenters. The van der Waals surface area contributed by atoms with E-state index in [1.807, 2.05) is 0 Å². The van der Waals surface area contributed by atoms with E-state index >= 15 is 0 Å². The lowest BCUT2D eigenvalue weighted by Gasteiger charge is -2.08. The van der Waals surface area contributed by atoms with E-state index in [9.17, 15) is 4.79 Å². The minimum atomic E-state index is -0.467. The van der Waals surface area contributed by atoms with Crippen LogP contribution in [0.3, 0.4) is 0 Å². The highest BCUT2D eigenvalue weighted by Gasteiger charge is 2.16. The Labute approximate surface area is 153 Å². The molecule has 1 amide bonds. The second kappa shape index (κ2) is 6.77. The summed E-state index contributed by atoms with van der Waals surface area (Å²) >= 11 is 18.1. The van der Waals surface area contributed by atoms with Crippen LogP contribution in [0.1, 0.15) is 10.6 Å². The van der Waals surface area contributed by atoms with Crippen LogP contribution in [0.15, 0.2) is 52.9 Å². The number of rotatable bonds is 3.